The summed E-state index contributed by atoms with van der Waals surface area (Å²) < 4.78 is 23.2. The average molecular weight is 238 g/mol. The van der Waals surface area contributed by atoms with Gasteiger partial charge in [0, 0.05) is 12.0 Å². The lowest BCUT2D eigenvalue weighted by molar-refractivity contribution is -0.139. The fourth-order valence-corrected chi connectivity index (χ4v) is 1.09. The summed E-state index contributed by atoms with van der Waals surface area (Å²) in [5.74, 6) is -0.610. The van der Waals surface area contributed by atoms with Crippen LogP contribution in [-0.2, 0) is 9.53 Å². The predicted molar refractivity (Wildman–Crippen MR) is 62.3 cm³/mol. The summed E-state index contributed by atoms with van der Waals surface area (Å²) in [4.78, 5) is 11.0. The second-order valence-electron chi connectivity index (χ2n) is 3.55. The SMILES string of the molecule is C=C(C)C(=O)OCCCOc1ccccc1F. The van der Waals surface area contributed by atoms with Crippen molar-refractivity contribution >= 4 is 5.97 Å². The smallest absolute Gasteiger partial charge is 0.333 e. The van der Waals surface area contributed by atoms with Crippen LogP contribution in [0.4, 0.5) is 4.39 Å². The Bertz CT molecular complexity index is 401. The van der Waals surface area contributed by atoms with Crippen molar-refractivity contribution in [3.63, 3.8) is 0 Å². The normalized spacial score (nSPS) is 9.76. The molecular formula is C13H15FO3. The maximum Gasteiger partial charge on any atom is 0.333 e. The topological polar surface area (TPSA) is 35.5 Å². The van der Waals surface area contributed by atoms with Crippen molar-refractivity contribution in [2.24, 2.45) is 0 Å². The largest absolute Gasteiger partial charge is 0.490 e. The standard InChI is InChI=1S/C13H15FO3/c1-10(2)13(15)17-9-5-8-16-12-7-4-3-6-11(12)14/h3-4,6-7H,1,5,8-9H2,2H3. The maximum atomic E-state index is 13.1. The Morgan fingerprint density at radius 1 is 1.35 bits per heavy atom. The molecule has 0 heterocycles. The summed E-state index contributed by atoms with van der Waals surface area (Å²) in [6.07, 6.45) is 0.507. The number of hydrogen-bond donors (Lipinski definition) is 0. The Hall–Kier alpha value is -1.84. The van der Waals surface area contributed by atoms with Crippen LogP contribution in [0.25, 0.3) is 0 Å². The average Bonchev–Trinajstić information content (AvgIpc) is 2.30. The zero-order valence-electron chi connectivity index (χ0n) is 9.74. The minimum Gasteiger partial charge on any atom is -0.490 e. The summed E-state index contributed by atoms with van der Waals surface area (Å²) in [5.41, 5.74) is 0.361. The van der Waals surface area contributed by atoms with Crippen molar-refractivity contribution in [2.45, 2.75) is 13.3 Å². The van der Waals surface area contributed by atoms with Gasteiger partial charge in [-0.05, 0) is 19.1 Å². The summed E-state index contributed by atoms with van der Waals surface area (Å²) in [5, 5.41) is 0. The molecule has 3 nitrogen and oxygen atoms in total. The van der Waals surface area contributed by atoms with Crippen LogP contribution in [0.15, 0.2) is 36.4 Å². The van der Waals surface area contributed by atoms with Crippen LogP contribution in [0.5, 0.6) is 5.75 Å². The van der Waals surface area contributed by atoms with E-state index in [9.17, 15) is 9.18 Å². The first-order chi connectivity index (χ1) is 8.11. The molecule has 0 aliphatic carbocycles. The first-order valence-electron chi connectivity index (χ1n) is 5.31. The molecule has 0 aliphatic heterocycles. The van der Waals surface area contributed by atoms with Crippen molar-refractivity contribution in [3.05, 3.63) is 42.2 Å². The van der Waals surface area contributed by atoms with Crippen molar-refractivity contribution in [1.29, 1.82) is 0 Å². The molecule has 0 aromatic heterocycles. The molecule has 0 spiro atoms. The van der Waals surface area contributed by atoms with Gasteiger partial charge in [0.05, 0.1) is 13.2 Å². The number of halogens is 1. The van der Waals surface area contributed by atoms with E-state index in [1.165, 1.54) is 6.07 Å². The molecule has 0 amide bonds. The number of benzene rings is 1. The van der Waals surface area contributed by atoms with Crippen molar-refractivity contribution in [3.8, 4) is 5.75 Å². The molecule has 1 aromatic rings. The number of rotatable bonds is 6. The summed E-state index contributed by atoms with van der Waals surface area (Å²) in [7, 11) is 0. The minimum atomic E-state index is -0.420. The molecular weight excluding hydrogens is 223 g/mol. The molecule has 0 unspecified atom stereocenters. The van der Waals surface area contributed by atoms with Crippen molar-refractivity contribution in [1.82, 2.24) is 0 Å². The van der Waals surface area contributed by atoms with E-state index in [0.717, 1.165) is 0 Å². The van der Waals surface area contributed by atoms with Crippen LogP contribution >= 0.6 is 0 Å². The number of ether oxygens (including phenoxy) is 2. The van der Waals surface area contributed by atoms with Gasteiger partial charge in [-0.2, -0.15) is 0 Å². The molecule has 0 bridgehead atoms. The van der Waals surface area contributed by atoms with Gasteiger partial charge in [-0.25, -0.2) is 9.18 Å². The molecule has 1 aromatic carbocycles. The van der Waals surface area contributed by atoms with Gasteiger partial charge in [-0.1, -0.05) is 18.7 Å². The number of hydrogen-bond acceptors (Lipinski definition) is 3. The molecule has 0 radical (unpaired) electrons. The lowest BCUT2D eigenvalue weighted by Gasteiger charge is -2.07. The molecule has 0 saturated carbocycles. The Balaban J connectivity index is 2.19. The third-order valence-electron chi connectivity index (χ3n) is 1.96. The van der Waals surface area contributed by atoms with Gasteiger partial charge in [0.1, 0.15) is 0 Å². The van der Waals surface area contributed by atoms with Gasteiger partial charge >= 0.3 is 5.97 Å². The van der Waals surface area contributed by atoms with E-state index in [0.29, 0.717) is 18.6 Å². The van der Waals surface area contributed by atoms with E-state index in [-0.39, 0.29) is 12.4 Å². The molecule has 17 heavy (non-hydrogen) atoms. The van der Waals surface area contributed by atoms with Gasteiger partial charge in [-0.3, -0.25) is 0 Å². The van der Waals surface area contributed by atoms with E-state index in [2.05, 4.69) is 6.58 Å². The number of esters is 1. The van der Waals surface area contributed by atoms with Gasteiger partial charge < -0.3 is 9.47 Å². The highest BCUT2D eigenvalue weighted by Crippen LogP contribution is 2.15. The van der Waals surface area contributed by atoms with E-state index in [1.807, 2.05) is 0 Å². The lowest BCUT2D eigenvalue weighted by Crippen LogP contribution is -2.09. The Labute approximate surface area is 99.9 Å². The molecule has 1 rings (SSSR count). The van der Waals surface area contributed by atoms with Crippen molar-refractivity contribution < 1.29 is 18.7 Å². The van der Waals surface area contributed by atoms with E-state index in [1.54, 1.807) is 25.1 Å². The number of carbonyl (C=O) groups is 1. The molecule has 0 saturated heterocycles. The molecule has 0 N–H and O–H groups in total. The van der Waals surface area contributed by atoms with Crippen LogP contribution < -0.4 is 4.74 Å². The number of carbonyl (C=O) groups excluding carboxylic acids is 1. The Morgan fingerprint density at radius 2 is 2.06 bits per heavy atom. The second kappa shape index (κ2) is 6.68. The Kier molecular flexibility index (Phi) is 5.20. The maximum absolute atomic E-state index is 13.1. The van der Waals surface area contributed by atoms with Gasteiger partial charge in [-0.15, -0.1) is 0 Å². The highest BCUT2D eigenvalue weighted by molar-refractivity contribution is 5.86. The molecule has 0 fully saturated rings. The lowest BCUT2D eigenvalue weighted by atomic mass is 10.3. The highest BCUT2D eigenvalue weighted by atomic mass is 19.1. The summed E-state index contributed by atoms with van der Waals surface area (Å²) in [6, 6.07) is 6.17. The fraction of sp³-hybridized carbons (Fsp3) is 0.308. The van der Waals surface area contributed by atoms with Crippen LogP contribution in [0.3, 0.4) is 0 Å². The first kappa shape index (κ1) is 13.2. The zero-order chi connectivity index (χ0) is 12.7. The quantitative estimate of drug-likeness (QED) is 0.434. The van der Waals surface area contributed by atoms with Crippen LogP contribution in [-0.4, -0.2) is 19.2 Å². The fourth-order valence-electron chi connectivity index (χ4n) is 1.09. The molecule has 92 valence electrons. The third kappa shape index (κ3) is 4.68. The van der Waals surface area contributed by atoms with Gasteiger partial charge in [0.25, 0.3) is 0 Å². The summed E-state index contributed by atoms with van der Waals surface area (Å²) in [6.45, 7) is 5.57. The summed E-state index contributed by atoms with van der Waals surface area (Å²) >= 11 is 0. The van der Waals surface area contributed by atoms with E-state index >= 15 is 0 Å². The van der Waals surface area contributed by atoms with E-state index < -0.39 is 11.8 Å². The van der Waals surface area contributed by atoms with Crippen LogP contribution in [0.2, 0.25) is 0 Å². The predicted octanol–water partition coefficient (Wildman–Crippen LogP) is 2.71. The highest BCUT2D eigenvalue weighted by Gasteiger charge is 2.03. The molecule has 4 heteroatoms. The van der Waals surface area contributed by atoms with Gasteiger partial charge in [0.2, 0.25) is 0 Å². The molecule has 0 atom stereocenters. The van der Waals surface area contributed by atoms with Crippen LogP contribution in [0, 0.1) is 5.82 Å². The minimum absolute atomic E-state index is 0.207. The molecule has 0 aliphatic rings. The third-order valence-corrected chi connectivity index (χ3v) is 1.96. The Morgan fingerprint density at radius 3 is 2.71 bits per heavy atom. The first-order valence-corrected chi connectivity index (χ1v) is 5.31. The van der Waals surface area contributed by atoms with Gasteiger partial charge in [0.15, 0.2) is 11.6 Å². The van der Waals surface area contributed by atoms with E-state index in [4.69, 9.17) is 9.47 Å². The van der Waals surface area contributed by atoms with Crippen LogP contribution in [0.1, 0.15) is 13.3 Å². The second-order valence-corrected chi connectivity index (χ2v) is 3.55. The number of para-hydroxylation sites is 1. The van der Waals surface area contributed by atoms with Crippen molar-refractivity contribution in [2.75, 3.05) is 13.2 Å². The monoisotopic (exact) mass is 238 g/mol. The zero-order valence-corrected chi connectivity index (χ0v) is 9.74.